The Hall–Kier alpha value is -2.33. The predicted molar refractivity (Wildman–Crippen MR) is 62.4 cm³/mol. The van der Waals surface area contributed by atoms with Crippen LogP contribution in [0.3, 0.4) is 0 Å². The molecule has 0 saturated heterocycles. The number of hydrogen-bond acceptors (Lipinski definition) is 4. The van der Waals surface area contributed by atoms with E-state index >= 15 is 0 Å². The first-order valence-corrected chi connectivity index (χ1v) is 5.42. The van der Waals surface area contributed by atoms with Crippen molar-refractivity contribution in [2.75, 3.05) is 0 Å². The summed E-state index contributed by atoms with van der Waals surface area (Å²) < 4.78 is 0. The first kappa shape index (κ1) is 13.7. The van der Waals surface area contributed by atoms with Crippen LogP contribution in [0.15, 0.2) is 35.4 Å². The molecule has 0 amide bonds. The standard InChI is InChI=1S/C12H13N3O3/c13-15-14-11(12(17)18)8-10(6-7-16)9-4-2-1-3-5-9/h1-5,7,10-11H,6,8H2,(H,17,18)/p-1. The predicted octanol–water partition coefficient (Wildman–Crippen LogP) is 1.18. The minimum absolute atomic E-state index is 0.0507. The van der Waals surface area contributed by atoms with Crippen molar-refractivity contribution < 1.29 is 14.7 Å². The molecule has 0 spiro atoms. The minimum atomic E-state index is -1.43. The lowest BCUT2D eigenvalue weighted by atomic mass is 9.90. The van der Waals surface area contributed by atoms with Crippen LogP contribution in [0.5, 0.6) is 0 Å². The summed E-state index contributed by atoms with van der Waals surface area (Å²) in [7, 11) is 0. The second kappa shape index (κ2) is 7.09. The summed E-state index contributed by atoms with van der Waals surface area (Å²) in [5, 5.41) is 14.0. The van der Waals surface area contributed by atoms with Gasteiger partial charge in [0.2, 0.25) is 0 Å². The molecule has 18 heavy (non-hydrogen) atoms. The molecule has 0 fully saturated rings. The number of carboxylic acids is 1. The second-order valence-electron chi connectivity index (χ2n) is 3.79. The average molecular weight is 246 g/mol. The van der Waals surface area contributed by atoms with Gasteiger partial charge in [0.1, 0.15) is 6.29 Å². The van der Waals surface area contributed by atoms with Gasteiger partial charge in [0, 0.05) is 11.3 Å². The number of aliphatic carboxylic acids is 1. The van der Waals surface area contributed by atoms with Crippen LogP contribution in [-0.4, -0.2) is 18.3 Å². The second-order valence-corrected chi connectivity index (χ2v) is 3.79. The Morgan fingerprint density at radius 1 is 1.44 bits per heavy atom. The van der Waals surface area contributed by atoms with E-state index in [1.54, 1.807) is 24.3 Å². The highest BCUT2D eigenvalue weighted by molar-refractivity contribution is 5.71. The molecule has 2 atom stereocenters. The van der Waals surface area contributed by atoms with Gasteiger partial charge in [0.15, 0.2) is 0 Å². The third-order valence-electron chi connectivity index (χ3n) is 2.62. The van der Waals surface area contributed by atoms with Gasteiger partial charge < -0.3 is 14.7 Å². The van der Waals surface area contributed by atoms with Gasteiger partial charge >= 0.3 is 0 Å². The van der Waals surface area contributed by atoms with Gasteiger partial charge in [0.05, 0.1) is 12.0 Å². The number of carbonyl (C=O) groups is 2. The molecule has 0 radical (unpaired) electrons. The van der Waals surface area contributed by atoms with Crippen LogP contribution >= 0.6 is 0 Å². The fraction of sp³-hybridized carbons (Fsp3) is 0.333. The van der Waals surface area contributed by atoms with Crippen molar-refractivity contribution in [2.24, 2.45) is 5.11 Å². The molecule has 1 aromatic rings. The lowest BCUT2D eigenvalue weighted by molar-refractivity contribution is -0.307. The van der Waals surface area contributed by atoms with Crippen molar-refractivity contribution in [1.82, 2.24) is 0 Å². The molecule has 6 heteroatoms. The number of carboxylic acid groups (broad SMARTS) is 1. The third-order valence-corrected chi connectivity index (χ3v) is 2.62. The maximum Gasteiger partial charge on any atom is 0.120 e. The van der Waals surface area contributed by atoms with Gasteiger partial charge in [-0.25, -0.2) is 0 Å². The summed E-state index contributed by atoms with van der Waals surface area (Å²) >= 11 is 0. The number of nitrogens with zero attached hydrogens (tertiary/aromatic N) is 3. The number of hydrogen-bond donors (Lipinski definition) is 0. The molecular formula is C12H12N3O3-. The van der Waals surface area contributed by atoms with Gasteiger partial charge in [-0.2, -0.15) is 0 Å². The van der Waals surface area contributed by atoms with E-state index in [9.17, 15) is 14.7 Å². The average Bonchev–Trinajstić information content (AvgIpc) is 2.38. The lowest BCUT2D eigenvalue weighted by Gasteiger charge is -2.19. The smallest absolute Gasteiger partial charge is 0.120 e. The highest BCUT2D eigenvalue weighted by Crippen LogP contribution is 2.25. The van der Waals surface area contributed by atoms with Gasteiger partial charge in [-0.3, -0.25) is 0 Å². The van der Waals surface area contributed by atoms with Crippen LogP contribution in [0.25, 0.3) is 10.4 Å². The molecule has 1 aromatic carbocycles. The number of carbonyl (C=O) groups excluding carboxylic acids is 2. The summed E-state index contributed by atoms with van der Waals surface area (Å²) in [6.45, 7) is 0. The summed E-state index contributed by atoms with van der Waals surface area (Å²) in [6, 6.07) is 7.77. The van der Waals surface area contributed by atoms with Gasteiger partial charge in [-0.05, 0) is 23.4 Å². The van der Waals surface area contributed by atoms with Crippen molar-refractivity contribution in [3.63, 3.8) is 0 Å². The highest BCUT2D eigenvalue weighted by atomic mass is 16.4. The quantitative estimate of drug-likeness (QED) is 0.312. The zero-order chi connectivity index (χ0) is 13.4. The molecule has 2 unspecified atom stereocenters. The van der Waals surface area contributed by atoms with E-state index in [-0.39, 0.29) is 18.8 Å². The Kier molecular flexibility index (Phi) is 5.41. The molecular weight excluding hydrogens is 234 g/mol. The summed E-state index contributed by atoms with van der Waals surface area (Å²) in [5.41, 5.74) is 9.13. The molecule has 0 bridgehead atoms. The van der Waals surface area contributed by atoms with Crippen molar-refractivity contribution in [3.05, 3.63) is 46.3 Å². The van der Waals surface area contributed by atoms with E-state index in [2.05, 4.69) is 10.0 Å². The van der Waals surface area contributed by atoms with Crippen LogP contribution in [0, 0.1) is 0 Å². The first-order chi connectivity index (χ1) is 8.69. The Morgan fingerprint density at radius 3 is 2.61 bits per heavy atom. The number of azide groups is 1. The van der Waals surface area contributed by atoms with Crippen molar-refractivity contribution in [1.29, 1.82) is 0 Å². The number of rotatable bonds is 7. The Morgan fingerprint density at radius 2 is 2.11 bits per heavy atom. The van der Waals surface area contributed by atoms with E-state index < -0.39 is 12.0 Å². The van der Waals surface area contributed by atoms with Crippen LogP contribution in [0.2, 0.25) is 0 Å². The van der Waals surface area contributed by atoms with Crippen molar-refractivity contribution in [3.8, 4) is 0 Å². The molecule has 0 aliphatic carbocycles. The fourth-order valence-corrected chi connectivity index (χ4v) is 1.73. The zero-order valence-corrected chi connectivity index (χ0v) is 9.60. The summed E-state index contributed by atoms with van der Waals surface area (Å²) in [5.74, 6) is -1.73. The first-order valence-electron chi connectivity index (χ1n) is 5.42. The maximum absolute atomic E-state index is 10.8. The largest absolute Gasteiger partial charge is 0.550 e. The molecule has 0 saturated carbocycles. The summed E-state index contributed by atoms with van der Waals surface area (Å²) in [6.07, 6.45) is 0.948. The van der Waals surface area contributed by atoms with Crippen LogP contribution in [-0.2, 0) is 9.59 Å². The van der Waals surface area contributed by atoms with Gasteiger partial charge in [0.25, 0.3) is 0 Å². The highest BCUT2D eigenvalue weighted by Gasteiger charge is 2.17. The van der Waals surface area contributed by atoms with E-state index in [4.69, 9.17) is 5.53 Å². The van der Waals surface area contributed by atoms with Crippen LogP contribution in [0.1, 0.15) is 24.3 Å². The molecule has 94 valence electrons. The lowest BCUT2D eigenvalue weighted by Crippen LogP contribution is -2.35. The monoisotopic (exact) mass is 246 g/mol. The fourth-order valence-electron chi connectivity index (χ4n) is 1.73. The van der Waals surface area contributed by atoms with Crippen LogP contribution in [0.4, 0.5) is 0 Å². The normalized spacial score (nSPS) is 13.1. The SMILES string of the molecule is [N-]=[N+]=NC(CC(CC=O)c1ccccc1)C(=O)[O-]. The minimum Gasteiger partial charge on any atom is -0.550 e. The third kappa shape index (κ3) is 3.92. The van der Waals surface area contributed by atoms with Gasteiger partial charge in [-0.15, -0.1) is 0 Å². The Balaban J connectivity index is 2.89. The molecule has 0 aliphatic heterocycles. The van der Waals surface area contributed by atoms with Gasteiger partial charge in [-0.1, -0.05) is 35.4 Å². The maximum atomic E-state index is 10.8. The Bertz CT molecular complexity index is 453. The molecule has 6 nitrogen and oxygen atoms in total. The zero-order valence-electron chi connectivity index (χ0n) is 9.60. The van der Waals surface area contributed by atoms with Crippen molar-refractivity contribution in [2.45, 2.75) is 24.8 Å². The van der Waals surface area contributed by atoms with E-state index in [1.165, 1.54) is 0 Å². The topological polar surface area (TPSA) is 106 Å². The molecule has 0 aromatic heterocycles. The van der Waals surface area contributed by atoms with Crippen LogP contribution < -0.4 is 5.11 Å². The van der Waals surface area contributed by atoms with E-state index in [1.807, 2.05) is 6.07 Å². The Labute approximate surface area is 104 Å². The molecule has 1 rings (SSSR count). The van der Waals surface area contributed by atoms with E-state index in [0.717, 1.165) is 11.8 Å². The number of benzene rings is 1. The molecule has 0 heterocycles. The summed E-state index contributed by atoms with van der Waals surface area (Å²) in [4.78, 5) is 23.9. The van der Waals surface area contributed by atoms with E-state index in [0.29, 0.717) is 0 Å². The molecule has 0 aliphatic rings. The van der Waals surface area contributed by atoms with Crippen molar-refractivity contribution >= 4 is 12.3 Å². The number of aldehydes is 1. The molecule has 0 N–H and O–H groups in total.